The maximum atomic E-state index is 12.6. The molecule has 0 bridgehead atoms. The summed E-state index contributed by atoms with van der Waals surface area (Å²) in [7, 11) is -1.95. The fourth-order valence-electron chi connectivity index (χ4n) is 2.28. The maximum Gasteiger partial charge on any atom is 0.241 e. The van der Waals surface area contributed by atoms with Gasteiger partial charge in [0.25, 0.3) is 0 Å². The Bertz CT molecular complexity index is 700. The lowest BCUT2D eigenvalue weighted by atomic mass is 10.1. The van der Waals surface area contributed by atoms with Crippen molar-refractivity contribution in [3.8, 4) is 0 Å². The van der Waals surface area contributed by atoms with Gasteiger partial charge in [-0.05, 0) is 43.5 Å². The SMILES string of the molecule is COCCC[C@H](NS(=O)(=O)c1ccc(C)cc1)c1cccnc1. The van der Waals surface area contributed by atoms with Gasteiger partial charge in [-0.25, -0.2) is 13.1 Å². The molecule has 0 saturated heterocycles. The molecule has 2 aromatic rings. The summed E-state index contributed by atoms with van der Waals surface area (Å²) in [6.45, 7) is 2.51. The number of rotatable bonds is 8. The molecule has 0 spiro atoms. The van der Waals surface area contributed by atoms with E-state index in [9.17, 15) is 8.42 Å². The van der Waals surface area contributed by atoms with E-state index in [1.807, 2.05) is 13.0 Å². The molecule has 0 saturated carbocycles. The number of nitrogens with zero attached hydrogens (tertiary/aromatic N) is 1. The standard InChI is InChI=1S/C17H22N2O3S/c1-14-7-9-16(10-8-14)23(20,21)19-17(6-4-12-22-2)15-5-3-11-18-13-15/h3,5,7-11,13,17,19H,4,6,12H2,1-2H3/t17-/m0/s1. The van der Waals surface area contributed by atoms with E-state index in [1.54, 1.807) is 49.8 Å². The molecular weight excluding hydrogens is 312 g/mol. The number of sulfonamides is 1. The Kier molecular flexibility index (Phi) is 6.27. The van der Waals surface area contributed by atoms with E-state index in [-0.39, 0.29) is 10.9 Å². The van der Waals surface area contributed by atoms with E-state index in [0.717, 1.165) is 17.5 Å². The van der Waals surface area contributed by atoms with E-state index in [0.29, 0.717) is 13.0 Å². The van der Waals surface area contributed by atoms with Crippen molar-refractivity contribution in [1.82, 2.24) is 9.71 Å². The second-order valence-electron chi connectivity index (χ2n) is 5.41. The van der Waals surface area contributed by atoms with E-state index in [4.69, 9.17) is 4.74 Å². The minimum Gasteiger partial charge on any atom is -0.385 e. The van der Waals surface area contributed by atoms with Gasteiger partial charge in [-0.15, -0.1) is 0 Å². The summed E-state index contributed by atoms with van der Waals surface area (Å²) >= 11 is 0. The molecule has 1 aromatic carbocycles. The number of ether oxygens (including phenoxy) is 1. The molecule has 0 amide bonds. The molecule has 1 atom stereocenters. The summed E-state index contributed by atoms with van der Waals surface area (Å²) in [5.74, 6) is 0. The zero-order valence-electron chi connectivity index (χ0n) is 13.4. The molecule has 124 valence electrons. The lowest BCUT2D eigenvalue weighted by Crippen LogP contribution is -2.29. The zero-order chi connectivity index (χ0) is 16.7. The minimum absolute atomic E-state index is 0.267. The fraction of sp³-hybridized carbons (Fsp3) is 0.353. The summed E-state index contributed by atoms with van der Waals surface area (Å²) in [4.78, 5) is 4.35. The van der Waals surface area contributed by atoms with Crippen LogP contribution >= 0.6 is 0 Å². The highest BCUT2D eigenvalue weighted by atomic mass is 32.2. The summed E-state index contributed by atoms with van der Waals surface area (Å²) < 4.78 is 33.0. The fourth-order valence-corrected chi connectivity index (χ4v) is 3.54. The highest BCUT2D eigenvalue weighted by Crippen LogP contribution is 2.21. The number of benzene rings is 1. The summed E-state index contributed by atoms with van der Waals surface area (Å²) in [5.41, 5.74) is 1.87. The molecule has 0 aliphatic rings. The maximum absolute atomic E-state index is 12.6. The number of aryl methyl sites for hydroxylation is 1. The van der Waals surface area contributed by atoms with E-state index < -0.39 is 10.0 Å². The Hall–Kier alpha value is -1.76. The Balaban J connectivity index is 2.20. The van der Waals surface area contributed by atoms with Gasteiger partial charge >= 0.3 is 0 Å². The van der Waals surface area contributed by atoms with Gasteiger partial charge in [0, 0.05) is 32.2 Å². The van der Waals surface area contributed by atoms with Crippen LogP contribution in [-0.2, 0) is 14.8 Å². The topological polar surface area (TPSA) is 68.3 Å². The largest absolute Gasteiger partial charge is 0.385 e. The number of pyridine rings is 1. The third-order valence-corrected chi connectivity index (χ3v) is 5.04. The monoisotopic (exact) mass is 334 g/mol. The normalized spacial score (nSPS) is 13.0. The second kappa shape index (κ2) is 8.19. The van der Waals surface area contributed by atoms with Crippen LogP contribution < -0.4 is 4.72 Å². The van der Waals surface area contributed by atoms with Crippen LogP contribution in [0.2, 0.25) is 0 Å². The first-order valence-corrected chi connectivity index (χ1v) is 8.99. The number of methoxy groups -OCH3 is 1. The van der Waals surface area contributed by atoms with Crippen molar-refractivity contribution < 1.29 is 13.2 Å². The van der Waals surface area contributed by atoms with E-state index >= 15 is 0 Å². The molecule has 1 heterocycles. The number of nitrogens with one attached hydrogen (secondary N) is 1. The van der Waals surface area contributed by atoms with Gasteiger partial charge in [-0.3, -0.25) is 4.98 Å². The number of aromatic nitrogens is 1. The van der Waals surface area contributed by atoms with Crippen LogP contribution in [0.1, 0.15) is 30.0 Å². The van der Waals surface area contributed by atoms with Gasteiger partial charge < -0.3 is 4.74 Å². The molecule has 0 fully saturated rings. The zero-order valence-corrected chi connectivity index (χ0v) is 14.2. The Morgan fingerprint density at radius 3 is 2.57 bits per heavy atom. The van der Waals surface area contributed by atoms with Crippen LogP contribution in [0.5, 0.6) is 0 Å². The molecular formula is C17H22N2O3S. The molecule has 1 N–H and O–H groups in total. The first kappa shape index (κ1) is 17.6. The van der Waals surface area contributed by atoms with Crippen molar-refractivity contribution in [2.45, 2.75) is 30.7 Å². The van der Waals surface area contributed by atoms with Crippen LogP contribution in [0.4, 0.5) is 0 Å². The molecule has 5 nitrogen and oxygen atoms in total. The number of hydrogen-bond acceptors (Lipinski definition) is 4. The lowest BCUT2D eigenvalue weighted by molar-refractivity contribution is 0.190. The van der Waals surface area contributed by atoms with Crippen LogP contribution in [0.25, 0.3) is 0 Å². The predicted molar refractivity (Wildman–Crippen MR) is 89.6 cm³/mol. The van der Waals surface area contributed by atoms with Gasteiger partial charge in [0.1, 0.15) is 0 Å². The summed E-state index contributed by atoms with van der Waals surface area (Å²) in [6.07, 6.45) is 4.76. The van der Waals surface area contributed by atoms with Crippen molar-refractivity contribution in [1.29, 1.82) is 0 Å². The van der Waals surface area contributed by atoms with E-state index in [1.165, 1.54) is 0 Å². The first-order valence-electron chi connectivity index (χ1n) is 7.51. The Morgan fingerprint density at radius 2 is 1.96 bits per heavy atom. The Morgan fingerprint density at radius 1 is 1.22 bits per heavy atom. The molecule has 23 heavy (non-hydrogen) atoms. The molecule has 0 unspecified atom stereocenters. The van der Waals surface area contributed by atoms with Crippen molar-refractivity contribution in [2.24, 2.45) is 0 Å². The lowest BCUT2D eigenvalue weighted by Gasteiger charge is -2.19. The van der Waals surface area contributed by atoms with Crippen molar-refractivity contribution in [3.05, 3.63) is 59.9 Å². The quantitative estimate of drug-likeness (QED) is 0.754. The highest BCUT2D eigenvalue weighted by molar-refractivity contribution is 7.89. The third-order valence-electron chi connectivity index (χ3n) is 3.56. The summed E-state index contributed by atoms with van der Waals surface area (Å²) in [5, 5.41) is 0. The average molecular weight is 334 g/mol. The Labute approximate surface area is 137 Å². The van der Waals surface area contributed by atoms with Gasteiger partial charge in [0.15, 0.2) is 0 Å². The van der Waals surface area contributed by atoms with Gasteiger partial charge in [0.05, 0.1) is 4.90 Å². The van der Waals surface area contributed by atoms with Crippen LogP contribution in [0, 0.1) is 6.92 Å². The third kappa shape index (κ3) is 5.13. The molecule has 2 rings (SSSR count). The molecule has 1 aromatic heterocycles. The van der Waals surface area contributed by atoms with Crippen LogP contribution in [-0.4, -0.2) is 27.1 Å². The molecule has 0 radical (unpaired) electrons. The van der Waals surface area contributed by atoms with Crippen molar-refractivity contribution in [2.75, 3.05) is 13.7 Å². The van der Waals surface area contributed by atoms with Gasteiger partial charge in [0.2, 0.25) is 10.0 Å². The highest BCUT2D eigenvalue weighted by Gasteiger charge is 2.21. The number of hydrogen-bond donors (Lipinski definition) is 1. The van der Waals surface area contributed by atoms with Gasteiger partial charge in [-0.1, -0.05) is 23.8 Å². The minimum atomic E-state index is -3.58. The predicted octanol–water partition coefficient (Wildman–Crippen LogP) is 2.84. The molecule has 0 aliphatic carbocycles. The average Bonchev–Trinajstić information content (AvgIpc) is 2.55. The van der Waals surface area contributed by atoms with Gasteiger partial charge in [-0.2, -0.15) is 0 Å². The van der Waals surface area contributed by atoms with Crippen LogP contribution in [0.15, 0.2) is 53.7 Å². The molecule has 6 heteroatoms. The smallest absolute Gasteiger partial charge is 0.241 e. The molecule has 0 aliphatic heterocycles. The van der Waals surface area contributed by atoms with Crippen molar-refractivity contribution >= 4 is 10.0 Å². The first-order chi connectivity index (χ1) is 11.0. The summed E-state index contributed by atoms with van der Waals surface area (Å²) in [6, 6.07) is 10.2. The van der Waals surface area contributed by atoms with Crippen molar-refractivity contribution in [3.63, 3.8) is 0 Å². The second-order valence-corrected chi connectivity index (χ2v) is 7.12. The van der Waals surface area contributed by atoms with Crippen LogP contribution in [0.3, 0.4) is 0 Å². The van der Waals surface area contributed by atoms with E-state index in [2.05, 4.69) is 9.71 Å².